The van der Waals surface area contributed by atoms with E-state index in [4.69, 9.17) is 14.5 Å². The smallest absolute Gasteiger partial charge is 0.251 e. The molecule has 2 aromatic carbocycles. The summed E-state index contributed by atoms with van der Waals surface area (Å²) in [5, 5.41) is 4.07. The molecule has 3 aromatic rings. The highest BCUT2D eigenvalue weighted by Crippen LogP contribution is 2.32. The number of carbonyl (C=O) groups is 1. The van der Waals surface area contributed by atoms with E-state index in [-0.39, 0.29) is 12.7 Å². The Morgan fingerprint density at radius 1 is 1.12 bits per heavy atom. The first-order valence-corrected chi connectivity index (χ1v) is 11.7. The van der Waals surface area contributed by atoms with Crippen LogP contribution in [0.5, 0.6) is 11.5 Å². The van der Waals surface area contributed by atoms with E-state index < -0.39 is 0 Å². The molecule has 1 N–H and O–H groups in total. The first kappa shape index (κ1) is 20.8. The quantitative estimate of drug-likeness (QED) is 0.615. The molecule has 0 radical (unpaired) electrons. The Morgan fingerprint density at radius 3 is 2.72 bits per heavy atom. The number of rotatable bonds is 6. The van der Waals surface area contributed by atoms with Gasteiger partial charge in [-0.15, -0.1) is 0 Å². The second-order valence-corrected chi connectivity index (χ2v) is 9.09. The van der Waals surface area contributed by atoms with Crippen LogP contribution in [0.15, 0.2) is 42.5 Å². The lowest BCUT2D eigenvalue weighted by Gasteiger charge is -2.31. The largest absolute Gasteiger partial charge is 0.454 e. The summed E-state index contributed by atoms with van der Waals surface area (Å²) >= 11 is 1.48. The van der Waals surface area contributed by atoms with Crippen molar-refractivity contribution in [3.8, 4) is 11.5 Å². The average Bonchev–Trinajstić information content (AvgIpc) is 3.48. The fourth-order valence-corrected chi connectivity index (χ4v) is 4.78. The maximum atomic E-state index is 12.5. The Hall–Kier alpha value is -3.13. The van der Waals surface area contributed by atoms with Gasteiger partial charge in [-0.1, -0.05) is 29.8 Å². The molecule has 8 heteroatoms. The van der Waals surface area contributed by atoms with Gasteiger partial charge in [-0.25, -0.2) is 4.98 Å². The Labute approximate surface area is 191 Å². The van der Waals surface area contributed by atoms with Gasteiger partial charge in [0.25, 0.3) is 5.91 Å². The number of fused-ring (bicyclic) bond motifs is 1. The molecule has 0 bridgehead atoms. The van der Waals surface area contributed by atoms with Crippen LogP contribution in [0, 0.1) is 12.8 Å². The van der Waals surface area contributed by atoms with Gasteiger partial charge in [0, 0.05) is 43.2 Å². The van der Waals surface area contributed by atoms with E-state index in [0.717, 1.165) is 43.3 Å². The number of benzene rings is 2. The first-order chi connectivity index (χ1) is 15.6. The van der Waals surface area contributed by atoms with E-state index in [1.165, 1.54) is 22.7 Å². The molecule has 2 aliphatic heterocycles. The molecule has 0 aliphatic carbocycles. The van der Waals surface area contributed by atoms with Crippen molar-refractivity contribution in [1.82, 2.24) is 14.7 Å². The molecule has 1 fully saturated rings. The summed E-state index contributed by atoms with van der Waals surface area (Å²) in [5.74, 6) is 2.59. The van der Waals surface area contributed by atoms with Gasteiger partial charge >= 0.3 is 0 Å². The van der Waals surface area contributed by atoms with Gasteiger partial charge in [-0.2, -0.15) is 4.37 Å². The Balaban J connectivity index is 1.09. The third kappa shape index (κ3) is 4.70. The van der Waals surface area contributed by atoms with Crippen molar-refractivity contribution in [3.05, 3.63) is 65.0 Å². The Bertz CT molecular complexity index is 1090. The van der Waals surface area contributed by atoms with E-state index >= 15 is 0 Å². The molecule has 166 valence electrons. The summed E-state index contributed by atoms with van der Waals surface area (Å²) in [4.78, 5) is 19.6. The molecular weight excluding hydrogens is 424 g/mol. The molecule has 3 heterocycles. The summed E-state index contributed by atoms with van der Waals surface area (Å²) in [6, 6.07) is 13.8. The Morgan fingerprint density at radius 2 is 1.91 bits per heavy atom. The maximum absolute atomic E-state index is 12.5. The van der Waals surface area contributed by atoms with E-state index in [0.29, 0.717) is 29.5 Å². The Kier molecular flexibility index (Phi) is 5.94. The van der Waals surface area contributed by atoms with E-state index in [9.17, 15) is 4.79 Å². The predicted molar refractivity (Wildman–Crippen MR) is 124 cm³/mol. The van der Waals surface area contributed by atoms with E-state index in [1.54, 1.807) is 18.2 Å². The maximum Gasteiger partial charge on any atom is 0.251 e. The van der Waals surface area contributed by atoms with Crippen molar-refractivity contribution in [2.24, 2.45) is 5.92 Å². The minimum absolute atomic E-state index is 0.0735. The summed E-state index contributed by atoms with van der Waals surface area (Å²) in [7, 11) is 0. The number of hydrogen-bond donors (Lipinski definition) is 1. The lowest BCUT2D eigenvalue weighted by molar-refractivity contribution is 0.0944. The molecule has 1 amide bonds. The molecule has 1 saturated heterocycles. The lowest BCUT2D eigenvalue weighted by atomic mass is 9.97. The first-order valence-electron chi connectivity index (χ1n) is 10.9. The van der Waals surface area contributed by atoms with Gasteiger partial charge in [0.15, 0.2) is 11.5 Å². The van der Waals surface area contributed by atoms with Crippen molar-refractivity contribution >= 4 is 22.6 Å². The molecule has 1 aromatic heterocycles. The van der Waals surface area contributed by atoms with Crippen LogP contribution in [0.2, 0.25) is 0 Å². The van der Waals surface area contributed by atoms with Crippen molar-refractivity contribution < 1.29 is 14.3 Å². The minimum Gasteiger partial charge on any atom is -0.454 e. The van der Waals surface area contributed by atoms with Crippen LogP contribution in [0.25, 0.3) is 0 Å². The van der Waals surface area contributed by atoms with Crippen LogP contribution in [0.1, 0.15) is 40.2 Å². The van der Waals surface area contributed by atoms with Crippen LogP contribution < -0.4 is 19.7 Å². The topological polar surface area (TPSA) is 76.6 Å². The zero-order chi connectivity index (χ0) is 21.9. The van der Waals surface area contributed by atoms with Gasteiger partial charge in [0.05, 0.1) is 0 Å². The minimum atomic E-state index is -0.0735. The number of carbonyl (C=O) groups excluding carboxylic acids is 1. The van der Waals surface area contributed by atoms with Gasteiger partial charge in [-0.3, -0.25) is 4.79 Å². The van der Waals surface area contributed by atoms with Crippen LogP contribution in [0.4, 0.5) is 5.13 Å². The van der Waals surface area contributed by atoms with Gasteiger partial charge in [-0.05, 0) is 49.4 Å². The molecule has 7 nitrogen and oxygen atoms in total. The van der Waals surface area contributed by atoms with Crippen LogP contribution >= 0.6 is 11.5 Å². The zero-order valence-electron chi connectivity index (χ0n) is 18.0. The monoisotopic (exact) mass is 450 g/mol. The van der Waals surface area contributed by atoms with Crippen LogP contribution in [0.3, 0.4) is 0 Å². The predicted octanol–water partition coefficient (Wildman–Crippen LogP) is 3.81. The van der Waals surface area contributed by atoms with Gasteiger partial charge in [0.1, 0.15) is 5.82 Å². The number of aromatic nitrogens is 2. The molecule has 32 heavy (non-hydrogen) atoms. The number of ether oxygens (including phenoxy) is 2. The van der Waals surface area contributed by atoms with E-state index in [1.807, 2.05) is 0 Å². The summed E-state index contributed by atoms with van der Waals surface area (Å²) < 4.78 is 15.2. The highest BCUT2D eigenvalue weighted by atomic mass is 32.1. The lowest BCUT2D eigenvalue weighted by Crippen LogP contribution is -2.38. The SMILES string of the molecule is Cc1ccc(Cc2nsc(N3CCC(CNC(=O)c4ccc5c(c4)OCO5)CC3)n2)cc1. The average molecular weight is 451 g/mol. The number of hydrogen-bond acceptors (Lipinski definition) is 7. The highest BCUT2D eigenvalue weighted by Gasteiger charge is 2.23. The van der Waals surface area contributed by atoms with E-state index in [2.05, 4.69) is 45.8 Å². The summed E-state index contributed by atoms with van der Waals surface area (Å²) in [6.07, 6.45) is 2.81. The third-order valence-corrected chi connectivity index (χ3v) is 6.83. The van der Waals surface area contributed by atoms with Crippen molar-refractivity contribution in [2.75, 3.05) is 31.3 Å². The molecule has 5 rings (SSSR count). The summed E-state index contributed by atoms with van der Waals surface area (Å²) in [5.41, 5.74) is 3.09. The van der Waals surface area contributed by atoms with Crippen molar-refractivity contribution in [1.29, 1.82) is 0 Å². The molecule has 0 unspecified atom stereocenters. The zero-order valence-corrected chi connectivity index (χ0v) is 18.9. The fourth-order valence-electron chi connectivity index (χ4n) is 4.04. The summed E-state index contributed by atoms with van der Waals surface area (Å²) in [6.45, 7) is 4.85. The number of amides is 1. The molecule has 2 aliphatic rings. The van der Waals surface area contributed by atoms with Crippen LogP contribution in [-0.2, 0) is 6.42 Å². The molecule has 0 atom stereocenters. The normalized spacial score (nSPS) is 15.7. The standard InChI is InChI=1S/C24H26N4O3S/c1-16-2-4-17(5-3-16)12-22-26-24(32-27-22)28-10-8-18(9-11-28)14-25-23(29)19-6-7-20-21(13-19)31-15-30-20/h2-7,13,18H,8-12,14-15H2,1H3,(H,25,29). The molecule has 0 saturated carbocycles. The van der Waals surface area contributed by atoms with Gasteiger partial charge < -0.3 is 19.7 Å². The number of nitrogens with zero attached hydrogens (tertiary/aromatic N) is 3. The highest BCUT2D eigenvalue weighted by molar-refractivity contribution is 7.09. The number of anilines is 1. The molecule has 0 spiro atoms. The molecular formula is C24H26N4O3S. The van der Waals surface area contributed by atoms with Crippen LogP contribution in [-0.4, -0.2) is 41.7 Å². The number of piperidine rings is 1. The van der Waals surface area contributed by atoms with Crippen molar-refractivity contribution in [3.63, 3.8) is 0 Å². The van der Waals surface area contributed by atoms with Crippen molar-refractivity contribution in [2.45, 2.75) is 26.2 Å². The second-order valence-electron chi connectivity index (χ2n) is 8.36. The third-order valence-electron chi connectivity index (χ3n) is 6.01. The number of nitrogens with one attached hydrogen (secondary N) is 1. The second kappa shape index (κ2) is 9.16. The van der Waals surface area contributed by atoms with Gasteiger partial charge in [0.2, 0.25) is 11.9 Å². The number of aryl methyl sites for hydroxylation is 1. The fraction of sp³-hybridized carbons (Fsp3) is 0.375.